The molecule has 0 atom stereocenters. The predicted molar refractivity (Wildman–Crippen MR) is 60.0 cm³/mol. The molecule has 17 heavy (non-hydrogen) atoms. The highest BCUT2D eigenvalue weighted by Crippen LogP contribution is 2.14. The minimum absolute atomic E-state index is 0.278. The second-order valence-electron chi connectivity index (χ2n) is 3.86. The molecule has 0 radical (unpaired) electrons. The van der Waals surface area contributed by atoms with Crippen LogP contribution < -0.4 is 10.7 Å². The van der Waals surface area contributed by atoms with E-state index in [1.807, 2.05) is 0 Å². The zero-order valence-corrected chi connectivity index (χ0v) is 9.31. The van der Waals surface area contributed by atoms with E-state index in [1.54, 1.807) is 4.90 Å². The van der Waals surface area contributed by atoms with E-state index in [1.165, 1.54) is 0 Å². The molecule has 1 aliphatic heterocycles. The lowest BCUT2D eigenvalue weighted by molar-refractivity contribution is 0.0726. The van der Waals surface area contributed by atoms with Crippen molar-refractivity contribution in [3.8, 4) is 5.75 Å². The number of nitrogens with one attached hydrogen (secondary N) is 1. The van der Waals surface area contributed by atoms with E-state index >= 15 is 0 Å². The van der Waals surface area contributed by atoms with Gasteiger partial charge in [0.2, 0.25) is 16.9 Å². The van der Waals surface area contributed by atoms with Crippen LogP contribution in [0.1, 0.15) is 17.0 Å². The number of carbonyl (C=O) groups excluding carboxylic acids is 1. The molecule has 1 aromatic heterocycles. The third kappa shape index (κ3) is 2.47. The van der Waals surface area contributed by atoms with Crippen molar-refractivity contribution in [3.05, 3.63) is 28.3 Å². The predicted octanol–water partition coefficient (Wildman–Crippen LogP) is -0.219. The molecule has 6 heteroatoms. The van der Waals surface area contributed by atoms with Crippen LogP contribution in [0.25, 0.3) is 0 Å². The fourth-order valence-corrected chi connectivity index (χ4v) is 1.75. The van der Waals surface area contributed by atoms with Crippen LogP contribution in [0.4, 0.5) is 0 Å². The molecule has 1 amide bonds. The van der Waals surface area contributed by atoms with Crippen LogP contribution in [0.5, 0.6) is 5.75 Å². The van der Waals surface area contributed by atoms with Crippen LogP contribution >= 0.6 is 0 Å². The van der Waals surface area contributed by atoms with E-state index in [9.17, 15) is 14.7 Å². The van der Waals surface area contributed by atoms with Gasteiger partial charge in [0.05, 0.1) is 6.26 Å². The summed E-state index contributed by atoms with van der Waals surface area (Å²) in [7, 11) is 0. The van der Waals surface area contributed by atoms with Gasteiger partial charge in [0, 0.05) is 25.7 Å². The first-order chi connectivity index (χ1) is 8.20. The standard InChI is InChI=1S/C11H14N2O4/c14-8-2-7-17-10(9(8)15)11(16)13-5-1-3-12-4-6-13/h2,7,12,15H,1,3-6H2. The van der Waals surface area contributed by atoms with Crippen LogP contribution in [0.2, 0.25) is 0 Å². The van der Waals surface area contributed by atoms with Gasteiger partial charge in [-0.25, -0.2) is 0 Å². The molecule has 1 aromatic rings. The zero-order chi connectivity index (χ0) is 12.3. The number of hydrogen-bond donors (Lipinski definition) is 2. The second kappa shape index (κ2) is 5.01. The van der Waals surface area contributed by atoms with Gasteiger partial charge in [-0.1, -0.05) is 0 Å². The van der Waals surface area contributed by atoms with E-state index < -0.39 is 17.1 Å². The van der Waals surface area contributed by atoms with Crippen LogP contribution in [0.15, 0.2) is 21.5 Å². The van der Waals surface area contributed by atoms with Gasteiger partial charge < -0.3 is 19.7 Å². The fraction of sp³-hybridized carbons (Fsp3) is 0.455. The summed E-state index contributed by atoms with van der Waals surface area (Å²) >= 11 is 0. The average molecular weight is 238 g/mol. The lowest BCUT2D eigenvalue weighted by Crippen LogP contribution is -2.34. The number of rotatable bonds is 1. The van der Waals surface area contributed by atoms with Gasteiger partial charge in [0.15, 0.2) is 0 Å². The first-order valence-electron chi connectivity index (χ1n) is 5.51. The van der Waals surface area contributed by atoms with Crippen LogP contribution in [0.3, 0.4) is 0 Å². The molecule has 0 bridgehead atoms. The molecule has 6 nitrogen and oxygen atoms in total. The maximum Gasteiger partial charge on any atom is 0.293 e. The zero-order valence-electron chi connectivity index (χ0n) is 9.31. The van der Waals surface area contributed by atoms with Gasteiger partial charge in [-0.2, -0.15) is 0 Å². The molecule has 0 saturated carbocycles. The van der Waals surface area contributed by atoms with Crippen molar-refractivity contribution in [1.29, 1.82) is 0 Å². The Kier molecular flexibility index (Phi) is 3.43. The molecule has 0 spiro atoms. The van der Waals surface area contributed by atoms with Crippen molar-refractivity contribution in [1.82, 2.24) is 10.2 Å². The van der Waals surface area contributed by atoms with Crippen LogP contribution in [0, 0.1) is 0 Å². The quantitative estimate of drug-likeness (QED) is 0.706. The number of amides is 1. The fourth-order valence-electron chi connectivity index (χ4n) is 1.75. The molecule has 0 aliphatic carbocycles. The summed E-state index contributed by atoms with van der Waals surface area (Å²) < 4.78 is 4.93. The van der Waals surface area contributed by atoms with Gasteiger partial charge >= 0.3 is 0 Å². The Labute approximate surface area is 97.8 Å². The van der Waals surface area contributed by atoms with Crippen molar-refractivity contribution < 1.29 is 14.3 Å². The summed E-state index contributed by atoms with van der Waals surface area (Å²) in [4.78, 5) is 24.8. The van der Waals surface area contributed by atoms with Crippen molar-refractivity contribution in [3.63, 3.8) is 0 Å². The van der Waals surface area contributed by atoms with Gasteiger partial charge in [0.25, 0.3) is 5.91 Å². The molecule has 1 fully saturated rings. The molecule has 2 rings (SSSR count). The Morgan fingerprint density at radius 2 is 2.24 bits per heavy atom. The largest absolute Gasteiger partial charge is 0.501 e. The Morgan fingerprint density at radius 3 is 3.06 bits per heavy atom. The molecular weight excluding hydrogens is 224 g/mol. The summed E-state index contributed by atoms with van der Waals surface area (Å²) in [5, 5.41) is 12.7. The summed E-state index contributed by atoms with van der Waals surface area (Å²) in [5.41, 5.74) is -0.604. The van der Waals surface area contributed by atoms with Crippen molar-refractivity contribution in [2.45, 2.75) is 6.42 Å². The molecule has 2 heterocycles. The summed E-state index contributed by atoms with van der Waals surface area (Å²) in [6, 6.07) is 1.08. The first-order valence-corrected chi connectivity index (χ1v) is 5.51. The van der Waals surface area contributed by atoms with Gasteiger partial charge in [-0.15, -0.1) is 0 Å². The Balaban J connectivity index is 2.23. The van der Waals surface area contributed by atoms with Crippen molar-refractivity contribution in [2.75, 3.05) is 26.2 Å². The molecule has 1 aliphatic rings. The Bertz CT molecular complexity index is 461. The molecule has 2 N–H and O–H groups in total. The second-order valence-corrected chi connectivity index (χ2v) is 3.86. The smallest absolute Gasteiger partial charge is 0.293 e. The minimum Gasteiger partial charge on any atom is -0.501 e. The monoisotopic (exact) mass is 238 g/mol. The molecular formula is C11H14N2O4. The SMILES string of the molecule is O=C(c1occc(=O)c1O)N1CCCNCC1. The number of carbonyl (C=O) groups is 1. The Hall–Kier alpha value is -1.82. The lowest BCUT2D eigenvalue weighted by Gasteiger charge is -2.19. The first kappa shape index (κ1) is 11.7. The third-order valence-electron chi connectivity index (χ3n) is 2.68. The average Bonchev–Trinajstić information content (AvgIpc) is 2.60. The molecule has 0 unspecified atom stereocenters. The Morgan fingerprint density at radius 1 is 1.41 bits per heavy atom. The maximum atomic E-state index is 12.0. The van der Waals surface area contributed by atoms with Gasteiger partial charge in [0.1, 0.15) is 0 Å². The number of nitrogens with zero attached hydrogens (tertiary/aromatic N) is 1. The van der Waals surface area contributed by atoms with E-state index in [-0.39, 0.29) is 5.76 Å². The lowest BCUT2D eigenvalue weighted by atomic mass is 10.3. The van der Waals surface area contributed by atoms with E-state index in [0.717, 1.165) is 25.3 Å². The van der Waals surface area contributed by atoms with Crippen molar-refractivity contribution in [2.24, 2.45) is 0 Å². The highest BCUT2D eigenvalue weighted by Gasteiger charge is 2.23. The van der Waals surface area contributed by atoms with Crippen LogP contribution in [-0.2, 0) is 0 Å². The minimum atomic E-state index is -0.616. The number of hydrogen-bond acceptors (Lipinski definition) is 5. The summed E-state index contributed by atoms with van der Waals surface area (Å²) in [6.45, 7) is 2.68. The highest BCUT2D eigenvalue weighted by atomic mass is 16.4. The molecule has 0 aromatic carbocycles. The number of aromatic hydroxyl groups is 1. The van der Waals surface area contributed by atoms with E-state index in [2.05, 4.69) is 5.32 Å². The van der Waals surface area contributed by atoms with Crippen LogP contribution in [-0.4, -0.2) is 42.1 Å². The summed E-state index contributed by atoms with van der Waals surface area (Å²) in [6.07, 6.45) is 1.95. The molecule has 1 saturated heterocycles. The van der Waals surface area contributed by atoms with Crippen molar-refractivity contribution >= 4 is 5.91 Å². The topological polar surface area (TPSA) is 82.8 Å². The third-order valence-corrected chi connectivity index (χ3v) is 2.68. The normalized spacial score (nSPS) is 16.6. The summed E-state index contributed by atoms with van der Waals surface area (Å²) in [5.74, 6) is -1.34. The van der Waals surface area contributed by atoms with E-state index in [0.29, 0.717) is 19.6 Å². The van der Waals surface area contributed by atoms with Gasteiger partial charge in [-0.3, -0.25) is 9.59 Å². The maximum absolute atomic E-state index is 12.0. The van der Waals surface area contributed by atoms with E-state index in [4.69, 9.17) is 4.42 Å². The highest BCUT2D eigenvalue weighted by molar-refractivity contribution is 5.93. The molecule has 92 valence electrons. The van der Waals surface area contributed by atoms with Gasteiger partial charge in [-0.05, 0) is 13.0 Å².